The van der Waals surface area contributed by atoms with Gasteiger partial charge in [-0.25, -0.2) is 4.79 Å². The standard InChI is InChI=1S/C23H23N3O6/c1-12-10-16-17(20(27)26(12)11-13-6-5-9-31-13)23(18(19(24)32-16)21(28)30-2)14-7-3-4-8-15(14)25-22(23)29/h3-4,7-8,10,13H,5-6,9,11,24H2,1-2H3,(H,25,29)/t13-,23-/m0/s1. The van der Waals surface area contributed by atoms with Crippen LogP contribution in [0.25, 0.3) is 0 Å². The number of aryl methyl sites for hydroxylation is 1. The van der Waals surface area contributed by atoms with Crippen molar-refractivity contribution < 1.29 is 23.8 Å². The van der Waals surface area contributed by atoms with Gasteiger partial charge in [0.2, 0.25) is 11.8 Å². The number of carbonyl (C=O) groups is 2. The minimum Gasteiger partial charge on any atom is -0.465 e. The summed E-state index contributed by atoms with van der Waals surface area (Å²) in [6, 6.07) is 8.57. The average molecular weight is 437 g/mol. The van der Waals surface area contributed by atoms with Crippen LogP contribution >= 0.6 is 0 Å². The first-order valence-electron chi connectivity index (χ1n) is 10.4. The van der Waals surface area contributed by atoms with Gasteiger partial charge in [0.15, 0.2) is 0 Å². The summed E-state index contributed by atoms with van der Waals surface area (Å²) < 4.78 is 18.0. The largest absolute Gasteiger partial charge is 0.465 e. The molecule has 2 aromatic rings. The third-order valence-electron chi connectivity index (χ3n) is 6.41. The smallest absolute Gasteiger partial charge is 0.340 e. The summed E-state index contributed by atoms with van der Waals surface area (Å²) in [7, 11) is 1.19. The number of anilines is 1. The Morgan fingerprint density at radius 2 is 2.12 bits per heavy atom. The molecule has 0 aliphatic carbocycles. The monoisotopic (exact) mass is 437 g/mol. The first kappa shape index (κ1) is 20.3. The van der Waals surface area contributed by atoms with Crippen LogP contribution in [-0.4, -0.2) is 36.3 Å². The van der Waals surface area contributed by atoms with E-state index in [-0.39, 0.29) is 28.9 Å². The number of ether oxygens (including phenoxy) is 3. The predicted octanol–water partition coefficient (Wildman–Crippen LogP) is 1.31. The first-order valence-corrected chi connectivity index (χ1v) is 10.4. The maximum atomic E-state index is 13.9. The molecule has 0 bridgehead atoms. The summed E-state index contributed by atoms with van der Waals surface area (Å²) in [4.78, 5) is 40.4. The minimum atomic E-state index is -1.79. The summed E-state index contributed by atoms with van der Waals surface area (Å²) in [5, 5.41) is 2.80. The molecule has 3 N–H and O–H groups in total. The van der Waals surface area contributed by atoms with Gasteiger partial charge in [0, 0.05) is 29.6 Å². The Morgan fingerprint density at radius 1 is 1.34 bits per heavy atom. The number of methoxy groups -OCH3 is 1. The van der Waals surface area contributed by atoms with E-state index in [0.29, 0.717) is 30.1 Å². The van der Waals surface area contributed by atoms with Gasteiger partial charge in [0.1, 0.15) is 16.7 Å². The van der Waals surface area contributed by atoms with Gasteiger partial charge in [-0.15, -0.1) is 0 Å². The molecule has 1 aromatic carbocycles. The molecular formula is C23H23N3O6. The maximum Gasteiger partial charge on any atom is 0.340 e. The van der Waals surface area contributed by atoms with E-state index in [1.807, 2.05) is 0 Å². The van der Waals surface area contributed by atoms with Gasteiger partial charge in [-0.05, 0) is 25.8 Å². The van der Waals surface area contributed by atoms with Crippen molar-refractivity contribution in [1.82, 2.24) is 4.57 Å². The molecule has 1 fully saturated rings. The molecule has 3 aliphatic heterocycles. The second-order valence-electron chi connectivity index (χ2n) is 8.16. The highest BCUT2D eigenvalue weighted by Crippen LogP contribution is 2.52. The number of benzene rings is 1. The Hall–Kier alpha value is -3.59. The predicted molar refractivity (Wildman–Crippen MR) is 114 cm³/mol. The van der Waals surface area contributed by atoms with E-state index in [2.05, 4.69) is 5.32 Å². The third-order valence-corrected chi connectivity index (χ3v) is 6.41. The fraction of sp³-hybridized carbons (Fsp3) is 0.348. The van der Waals surface area contributed by atoms with E-state index in [4.69, 9.17) is 19.9 Å². The van der Waals surface area contributed by atoms with Gasteiger partial charge in [-0.2, -0.15) is 0 Å². The zero-order valence-corrected chi connectivity index (χ0v) is 17.8. The molecule has 1 saturated heterocycles. The van der Waals surface area contributed by atoms with Crippen LogP contribution in [0.4, 0.5) is 5.69 Å². The number of hydrogen-bond acceptors (Lipinski definition) is 7. The first-order chi connectivity index (χ1) is 15.4. The Labute approximate surface area is 183 Å². The number of nitrogens with two attached hydrogens (primary N) is 1. The molecule has 9 nitrogen and oxygen atoms in total. The maximum absolute atomic E-state index is 13.9. The molecule has 1 aromatic heterocycles. The molecule has 1 spiro atoms. The Balaban J connectivity index is 1.84. The second-order valence-corrected chi connectivity index (χ2v) is 8.16. The van der Waals surface area contributed by atoms with E-state index < -0.39 is 22.9 Å². The number of nitrogens with one attached hydrogen (secondary N) is 1. The normalized spacial score (nSPS) is 23.6. The van der Waals surface area contributed by atoms with Crippen LogP contribution in [-0.2, 0) is 31.0 Å². The SMILES string of the molecule is COC(=O)C1=C(N)Oc2cc(C)n(C[C@@H]3CCCO3)c(=O)c2[C@]12C(=O)Nc1ccccc12. The van der Waals surface area contributed by atoms with Crippen molar-refractivity contribution in [2.24, 2.45) is 5.73 Å². The molecule has 0 radical (unpaired) electrons. The number of esters is 1. The Morgan fingerprint density at radius 3 is 2.84 bits per heavy atom. The number of aromatic nitrogens is 1. The van der Waals surface area contributed by atoms with E-state index in [0.717, 1.165) is 12.8 Å². The average Bonchev–Trinajstić information content (AvgIpc) is 3.37. The molecule has 2 atom stereocenters. The van der Waals surface area contributed by atoms with Crippen LogP contribution < -0.4 is 21.3 Å². The molecule has 0 saturated carbocycles. The van der Waals surface area contributed by atoms with Gasteiger partial charge in [0.05, 0.1) is 25.3 Å². The molecule has 166 valence electrons. The number of amides is 1. The highest BCUT2D eigenvalue weighted by atomic mass is 16.5. The zero-order valence-electron chi connectivity index (χ0n) is 17.8. The number of para-hydroxylation sites is 1. The number of hydrogen-bond donors (Lipinski definition) is 2. The highest BCUT2D eigenvalue weighted by molar-refractivity contribution is 6.17. The number of rotatable bonds is 3. The number of carbonyl (C=O) groups excluding carboxylic acids is 2. The quantitative estimate of drug-likeness (QED) is 0.694. The van der Waals surface area contributed by atoms with Crippen molar-refractivity contribution >= 4 is 17.6 Å². The molecule has 5 rings (SSSR count). The molecule has 1 amide bonds. The van der Waals surface area contributed by atoms with E-state index in [1.54, 1.807) is 41.8 Å². The molecule has 9 heteroatoms. The third kappa shape index (κ3) is 2.64. The lowest BCUT2D eigenvalue weighted by atomic mass is 9.68. The lowest BCUT2D eigenvalue weighted by Gasteiger charge is -2.35. The van der Waals surface area contributed by atoms with Crippen molar-refractivity contribution in [3.05, 3.63) is 69.0 Å². The van der Waals surface area contributed by atoms with E-state index >= 15 is 0 Å². The van der Waals surface area contributed by atoms with Crippen LogP contribution in [0.15, 0.2) is 46.6 Å². The van der Waals surface area contributed by atoms with E-state index in [1.165, 1.54) is 7.11 Å². The van der Waals surface area contributed by atoms with Crippen molar-refractivity contribution in [3.8, 4) is 5.75 Å². The molecule has 0 unspecified atom stereocenters. The van der Waals surface area contributed by atoms with Crippen molar-refractivity contribution in [3.63, 3.8) is 0 Å². The van der Waals surface area contributed by atoms with Crippen LogP contribution in [0.2, 0.25) is 0 Å². The molecule has 3 aliphatic rings. The zero-order chi connectivity index (χ0) is 22.6. The Bertz CT molecular complexity index is 1240. The summed E-state index contributed by atoms with van der Waals surface area (Å²) in [6.45, 7) is 2.77. The van der Waals surface area contributed by atoms with E-state index in [9.17, 15) is 14.4 Å². The van der Waals surface area contributed by atoms with Crippen molar-refractivity contribution in [2.45, 2.75) is 37.8 Å². The van der Waals surface area contributed by atoms with Crippen molar-refractivity contribution in [2.75, 3.05) is 19.0 Å². The van der Waals surface area contributed by atoms with Gasteiger partial charge >= 0.3 is 5.97 Å². The summed E-state index contributed by atoms with van der Waals surface area (Å²) in [5.41, 5.74) is 5.35. The highest BCUT2D eigenvalue weighted by Gasteiger charge is 2.60. The van der Waals surface area contributed by atoms with Gasteiger partial charge in [-0.3, -0.25) is 9.59 Å². The van der Waals surface area contributed by atoms with Gasteiger partial charge < -0.3 is 29.8 Å². The lowest BCUT2D eigenvalue weighted by Crippen LogP contribution is -2.50. The topological polar surface area (TPSA) is 122 Å². The van der Waals surface area contributed by atoms with Crippen molar-refractivity contribution in [1.29, 1.82) is 0 Å². The molecular weight excluding hydrogens is 414 g/mol. The minimum absolute atomic E-state index is 0.0400. The van der Waals surface area contributed by atoms with Crippen LogP contribution in [0, 0.1) is 6.92 Å². The van der Waals surface area contributed by atoms with Gasteiger partial charge in [0.25, 0.3) is 5.56 Å². The Kier molecular flexibility index (Phi) is 4.59. The number of nitrogens with zero attached hydrogens (tertiary/aromatic N) is 1. The van der Waals surface area contributed by atoms with Crippen LogP contribution in [0.1, 0.15) is 29.7 Å². The van der Waals surface area contributed by atoms with Gasteiger partial charge in [-0.1, -0.05) is 18.2 Å². The van der Waals surface area contributed by atoms with Crippen LogP contribution in [0.3, 0.4) is 0 Å². The molecule has 32 heavy (non-hydrogen) atoms. The number of pyridine rings is 1. The molecule has 4 heterocycles. The lowest BCUT2D eigenvalue weighted by molar-refractivity contribution is -0.138. The summed E-state index contributed by atoms with van der Waals surface area (Å²) >= 11 is 0. The fourth-order valence-corrected chi connectivity index (χ4v) is 4.97. The summed E-state index contributed by atoms with van der Waals surface area (Å²) in [5.74, 6) is -1.53. The number of fused-ring (bicyclic) bond motifs is 4. The van der Waals surface area contributed by atoms with Crippen LogP contribution in [0.5, 0.6) is 5.75 Å². The fourth-order valence-electron chi connectivity index (χ4n) is 4.97. The summed E-state index contributed by atoms with van der Waals surface area (Å²) in [6.07, 6.45) is 1.67. The second kappa shape index (κ2) is 7.23.